The van der Waals surface area contributed by atoms with E-state index in [0.717, 1.165) is 5.56 Å². The molecule has 130 valence electrons. The smallest absolute Gasteiger partial charge is 0.245 e. The van der Waals surface area contributed by atoms with Gasteiger partial charge in [0, 0.05) is 19.7 Å². The highest BCUT2D eigenvalue weighted by molar-refractivity contribution is 5.93. The van der Waals surface area contributed by atoms with Crippen LogP contribution in [0.5, 0.6) is 0 Å². The zero-order valence-corrected chi connectivity index (χ0v) is 14.2. The van der Waals surface area contributed by atoms with Gasteiger partial charge in [-0.2, -0.15) is 0 Å². The molecule has 25 heavy (non-hydrogen) atoms. The number of hydrogen-bond acceptors (Lipinski definition) is 3. The Hall–Kier alpha value is -3.02. The molecule has 0 saturated carbocycles. The molecule has 2 rings (SSSR count). The molecule has 1 aromatic heterocycles. The highest BCUT2D eigenvalue weighted by Gasteiger charge is 2.12. The van der Waals surface area contributed by atoms with E-state index < -0.39 is 0 Å². The van der Waals surface area contributed by atoms with Gasteiger partial charge in [0.15, 0.2) is 0 Å². The molecular weight excluding hydrogens is 321 g/mol. The Bertz CT molecular complexity index is 772. The van der Waals surface area contributed by atoms with Gasteiger partial charge in [0.1, 0.15) is 11.6 Å². The van der Waals surface area contributed by atoms with Gasteiger partial charge in [-0.1, -0.05) is 30.4 Å². The molecule has 0 aliphatic heterocycles. The monoisotopic (exact) mass is 341 g/mol. The van der Waals surface area contributed by atoms with Crippen molar-refractivity contribution in [3.05, 3.63) is 65.6 Å². The first-order valence-electron chi connectivity index (χ1n) is 7.82. The van der Waals surface area contributed by atoms with E-state index in [9.17, 15) is 14.0 Å². The molecule has 2 aromatic rings. The van der Waals surface area contributed by atoms with E-state index in [0.29, 0.717) is 11.4 Å². The molecule has 0 aliphatic carbocycles. The van der Waals surface area contributed by atoms with E-state index in [1.807, 2.05) is 13.0 Å². The number of carbonyl (C=O) groups excluding carboxylic acids is 2. The standard InChI is InChI=1S/C19H20FN3O2/c1-14-9-10-17(21-12-14)22-18(24)13-23(2)19(25)8-4-6-15-5-3-7-16(20)11-15/h3-7,9-12H,8,13H2,1-2H3,(H,21,22,24). The average molecular weight is 341 g/mol. The average Bonchev–Trinajstić information content (AvgIpc) is 2.57. The normalized spacial score (nSPS) is 10.7. The Labute approximate surface area is 146 Å². The van der Waals surface area contributed by atoms with E-state index >= 15 is 0 Å². The lowest BCUT2D eigenvalue weighted by atomic mass is 10.2. The Kier molecular flexibility index (Phi) is 6.39. The predicted octanol–water partition coefficient (Wildman–Crippen LogP) is 3.03. The predicted molar refractivity (Wildman–Crippen MR) is 95.3 cm³/mol. The molecule has 0 unspecified atom stereocenters. The van der Waals surface area contributed by atoms with Gasteiger partial charge < -0.3 is 10.2 Å². The van der Waals surface area contributed by atoms with Crippen LogP contribution in [0.1, 0.15) is 17.5 Å². The van der Waals surface area contributed by atoms with Crippen molar-refractivity contribution in [2.24, 2.45) is 0 Å². The molecule has 0 radical (unpaired) electrons. The molecule has 0 spiro atoms. The van der Waals surface area contributed by atoms with Crippen molar-refractivity contribution in [3.8, 4) is 0 Å². The maximum Gasteiger partial charge on any atom is 0.245 e. The van der Waals surface area contributed by atoms with Gasteiger partial charge in [-0.25, -0.2) is 9.37 Å². The minimum atomic E-state index is -0.327. The lowest BCUT2D eigenvalue weighted by Crippen LogP contribution is -2.34. The summed E-state index contributed by atoms with van der Waals surface area (Å²) in [5.74, 6) is -0.407. The van der Waals surface area contributed by atoms with Crippen LogP contribution in [0.25, 0.3) is 6.08 Å². The number of aromatic nitrogens is 1. The first-order valence-corrected chi connectivity index (χ1v) is 7.82. The number of halogens is 1. The first-order chi connectivity index (χ1) is 11.9. The SMILES string of the molecule is Cc1ccc(NC(=O)CN(C)C(=O)CC=Cc2cccc(F)c2)nc1. The maximum atomic E-state index is 13.1. The minimum Gasteiger partial charge on any atom is -0.336 e. The molecule has 6 heteroatoms. The van der Waals surface area contributed by atoms with Crippen LogP contribution in [0.4, 0.5) is 10.2 Å². The number of carbonyl (C=O) groups is 2. The van der Waals surface area contributed by atoms with Crippen LogP contribution >= 0.6 is 0 Å². The van der Waals surface area contributed by atoms with E-state index in [4.69, 9.17) is 0 Å². The van der Waals surface area contributed by atoms with Crippen molar-refractivity contribution in [3.63, 3.8) is 0 Å². The van der Waals surface area contributed by atoms with Gasteiger partial charge >= 0.3 is 0 Å². The summed E-state index contributed by atoms with van der Waals surface area (Å²) in [6.45, 7) is 1.84. The molecule has 1 heterocycles. The second kappa shape index (κ2) is 8.73. The van der Waals surface area contributed by atoms with Crippen molar-refractivity contribution in [2.45, 2.75) is 13.3 Å². The van der Waals surface area contributed by atoms with Crippen LogP contribution in [-0.4, -0.2) is 35.3 Å². The van der Waals surface area contributed by atoms with Crippen molar-refractivity contribution in [1.29, 1.82) is 0 Å². The summed E-state index contributed by atoms with van der Waals surface area (Å²) < 4.78 is 13.1. The number of nitrogens with zero attached hydrogens (tertiary/aromatic N) is 2. The number of benzene rings is 1. The van der Waals surface area contributed by atoms with E-state index in [1.165, 1.54) is 17.0 Å². The Morgan fingerprint density at radius 2 is 2.08 bits per heavy atom. The van der Waals surface area contributed by atoms with Crippen LogP contribution in [-0.2, 0) is 9.59 Å². The number of amides is 2. The van der Waals surface area contributed by atoms with Crippen LogP contribution in [0.2, 0.25) is 0 Å². The lowest BCUT2D eigenvalue weighted by Gasteiger charge is -2.15. The number of aryl methyl sites for hydroxylation is 1. The molecule has 1 N–H and O–H groups in total. The van der Waals surface area contributed by atoms with E-state index in [2.05, 4.69) is 10.3 Å². The second-order valence-electron chi connectivity index (χ2n) is 5.68. The molecule has 5 nitrogen and oxygen atoms in total. The lowest BCUT2D eigenvalue weighted by molar-refractivity contribution is -0.132. The minimum absolute atomic E-state index is 0.0673. The molecule has 0 atom stereocenters. The van der Waals surface area contributed by atoms with Gasteiger partial charge in [0.2, 0.25) is 11.8 Å². The topological polar surface area (TPSA) is 62.3 Å². The van der Waals surface area contributed by atoms with Crippen LogP contribution in [0.15, 0.2) is 48.7 Å². The molecule has 0 saturated heterocycles. The molecular formula is C19H20FN3O2. The fourth-order valence-corrected chi connectivity index (χ4v) is 2.09. The summed E-state index contributed by atoms with van der Waals surface area (Å²) in [5.41, 5.74) is 1.68. The van der Waals surface area contributed by atoms with Gasteiger partial charge in [0.25, 0.3) is 0 Å². The molecule has 0 fully saturated rings. The Morgan fingerprint density at radius 3 is 2.76 bits per heavy atom. The number of pyridine rings is 1. The van der Waals surface area contributed by atoms with E-state index in [-0.39, 0.29) is 30.6 Å². The fourth-order valence-electron chi connectivity index (χ4n) is 2.09. The summed E-state index contributed by atoms with van der Waals surface area (Å²) in [6, 6.07) is 9.64. The summed E-state index contributed by atoms with van der Waals surface area (Å²) in [7, 11) is 1.56. The summed E-state index contributed by atoms with van der Waals surface area (Å²) in [4.78, 5) is 29.4. The largest absolute Gasteiger partial charge is 0.336 e. The third kappa shape index (κ3) is 6.18. The fraction of sp³-hybridized carbons (Fsp3) is 0.211. The number of hydrogen-bond donors (Lipinski definition) is 1. The Morgan fingerprint density at radius 1 is 1.28 bits per heavy atom. The number of nitrogens with one attached hydrogen (secondary N) is 1. The zero-order valence-electron chi connectivity index (χ0n) is 14.2. The maximum absolute atomic E-state index is 13.1. The van der Waals surface area contributed by atoms with Gasteiger partial charge in [-0.15, -0.1) is 0 Å². The highest BCUT2D eigenvalue weighted by atomic mass is 19.1. The van der Waals surface area contributed by atoms with Crippen LogP contribution < -0.4 is 5.32 Å². The first kappa shape index (κ1) is 18.3. The van der Waals surface area contributed by atoms with Crippen molar-refractivity contribution >= 4 is 23.7 Å². The molecule has 0 aliphatic rings. The number of likely N-dealkylation sites (N-methyl/N-ethyl adjacent to an activating group) is 1. The van der Waals surface area contributed by atoms with E-state index in [1.54, 1.807) is 43.6 Å². The van der Waals surface area contributed by atoms with Crippen LogP contribution in [0, 0.1) is 12.7 Å². The highest BCUT2D eigenvalue weighted by Crippen LogP contribution is 2.07. The third-order valence-corrected chi connectivity index (χ3v) is 3.44. The summed E-state index contributed by atoms with van der Waals surface area (Å²) >= 11 is 0. The van der Waals surface area contributed by atoms with Crippen molar-refractivity contribution in [1.82, 2.24) is 9.88 Å². The van der Waals surface area contributed by atoms with Crippen molar-refractivity contribution in [2.75, 3.05) is 18.9 Å². The van der Waals surface area contributed by atoms with Gasteiger partial charge in [-0.3, -0.25) is 9.59 Å². The van der Waals surface area contributed by atoms with Gasteiger partial charge in [0.05, 0.1) is 6.54 Å². The summed E-state index contributed by atoms with van der Waals surface area (Å²) in [6.07, 6.45) is 5.10. The molecule has 2 amide bonds. The molecule has 0 bridgehead atoms. The Balaban J connectivity index is 1.81. The number of rotatable bonds is 6. The van der Waals surface area contributed by atoms with Gasteiger partial charge in [-0.05, 0) is 36.2 Å². The second-order valence-corrected chi connectivity index (χ2v) is 5.68. The quantitative estimate of drug-likeness (QED) is 0.878. The van der Waals surface area contributed by atoms with Crippen molar-refractivity contribution < 1.29 is 14.0 Å². The summed E-state index contributed by atoms with van der Waals surface area (Å²) in [5, 5.41) is 2.64. The number of anilines is 1. The third-order valence-electron chi connectivity index (χ3n) is 3.44. The van der Waals surface area contributed by atoms with Crippen LogP contribution in [0.3, 0.4) is 0 Å². The zero-order chi connectivity index (χ0) is 18.2. The molecule has 1 aromatic carbocycles.